The summed E-state index contributed by atoms with van der Waals surface area (Å²) in [5.74, 6) is 0.592. The number of hydrogen-bond donors (Lipinski definition) is 3. The van der Waals surface area contributed by atoms with Crippen LogP contribution in [0.1, 0.15) is 19.3 Å². The van der Waals surface area contributed by atoms with Gasteiger partial charge in [0, 0.05) is 31.0 Å². The summed E-state index contributed by atoms with van der Waals surface area (Å²) in [6.45, 7) is 0.169. The molecule has 0 saturated heterocycles. The van der Waals surface area contributed by atoms with Crippen LogP contribution < -0.4 is 10.9 Å². The summed E-state index contributed by atoms with van der Waals surface area (Å²) in [5, 5.41) is 12.2. The zero-order valence-corrected chi connectivity index (χ0v) is 8.44. The summed E-state index contributed by atoms with van der Waals surface area (Å²) in [4.78, 5) is 17.9. The average molecular weight is 209 g/mol. The molecule has 2 rings (SSSR count). The van der Waals surface area contributed by atoms with Gasteiger partial charge in [-0.25, -0.2) is 4.98 Å². The summed E-state index contributed by atoms with van der Waals surface area (Å²) in [5.41, 5.74) is -0.207. The van der Waals surface area contributed by atoms with Gasteiger partial charge in [-0.2, -0.15) is 0 Å². The second kappa shape index (κ2) is 4.44. The molecular weight excluding hydrogens is 194 g/mol. The van der Waals surface area contributed by atoms with Crippen molar-refractivity contribution in [2.24, 2.45) is 5.92 Å². The van der Waals surface area contributed by atoms with Gasteiger partial charge in [0.1, 0.15) is 0 Å². The highest BCUT2D eigenvalue weighted by Crippen LogP contribution is 2.26. The topological polar surface area (TPSA) is 78.0 Å². The Morgan fingerprint density at radius 1 is 1.60 bits per heavy atom. The van der Waals surface area contributed by atoms with E-state index in [4.69, 9.17) is 5.11 Å². The Morgan fingerprint density at radius 2 is 2.47 bits per heavy atom. The summed E-state index contributed by atoms with van der Waals surface area (Å²) < 4.78 is 0. The molecule has 1 aromatic heterocycles. The highest BCUT2D eigenvalue weighted by molar-refractivity contribution is 5.32. The molecule has 1 aliphatic carbocycles. The molecule has 0 aliphatic heterocycles. The lowest BCUT2D eigenvalue weighted by molar-refractivity contribution is 0.222. The van der Waals surface area contributed by atoms with E-state index in [1.807, 2.05) is 0 Å². The number of aliphatic hydroxyl groups excluding tert-OH is 1. The van der Waals surface area contributed by atoms with Gasteiger partial charge in [-0.15, -0.1) is 0 Å². The average Bonchev–Trinajstić information content (AvgIpc) is 2.69. The van der Waals surface area contributed by atoms with Crippen LogP contribution in [0, 0.1) is 5.92 Å². The third-order valence-electron chi connectivity index (χ3n) is 2.92. The molecule has 1 aliphatic rings. The monoisotopic (exact) mass is 209 g/mol. The van der Waals surface area contributed by atoms with E-state index in [-0.39, 0.29) is 24.1 Å². The first-order chi connectivity index (χ1) is 7.31. The second-order valence-electron chi connectivity index (χ2n) is 3.89. The largest absolute Gasteiger partial charge is 0.396 e. The van der Waals surface area contributed by atoms with Crippen LogP contribution in [0.15, 0.2) is 17.2 Å². The minimum absolute atomic E-state index is 0.169. The minimum Gasteiger partial charge on any atom is -0.396 e. The first-order valence-corrected chi connectivity index (χ1v) is 5.22. The van der Waals surface area contributed by atoms with E-state index in [1.165, 1.54) is 6.20 Å². The van der Waals surface area contributed by atoms with Crippen LogP contribution in [0.4, 0.5) is 5.82 Å². The van der Waals surface area contributed by atoms with Gasteiger partial charge in [0.05, 0.1) is 0 Å². The molecule has 0 aromatic carbocycles. The number of rotatable bonds is 3. The third kappa shape index (κ3) is 2.18. The fourth-order valence-electron chi connectivity index (χ4n) is 2.08. The standard InChI is InChI=1S/C10H15N3O2/c14-6-7-2-1-3-8(7)13-9-10(15)12-5-4-11-9/h4-5,7-8,14H,1-3,6H2,(H,11,13)(H,12,15). The summed E-state index contributed by atoms with van der Waals surface area (Å²) in [6, 6.07) is 0.172. The van der Waals surface area contributed by atoms with Crippen LogP contribution in [-0.2, 0) is 0 Å². The fourth-order valence-corrected chi connectivity index (χ4v) is 2.08. The predicted octanol–water partition coefficient (Wildman–Crippen LogP) is 0.343. The number of hydrogen-bond acceptors (Lipinski definition) is 4. The van der Waals surface area contributed by atoms with E-state index in [0.29, 0.717) is 5.82 Å². The molecule has 1 saturated carbocycles. The number of nitrogens with one attached hydrogen (secondary N) is 2. The Hall–Kier alpha value is -1.36. The molecule has 2 atom stereocenters. The van der Waals surface area contributed by atoms with Crippen LogP contribution in [0.2, 0.25) is 0 Å². The quantitative estimate of drug-likeness (QED) is 0.671. The first-order valence-electron chi connectivity index (χ1n) is 5.22. The van der Waals surface area contributed by atoms with Crippen molar-refractivity contribution in [3.05, 3.63) is 22.7 Å². The highest BCUT2D eigenvalue weighted by atomic mass is 16.3. The Kier molecular flexibility index (Phi) is 3.01. The van der Waals surface area contributed by atoms with Gasteiger partial charge in [-0.1, -0.05) is 6.42 Å². The van der Waals surface area contributed by atoms with Gasteiger partial charge in [-0.05, 0) is 12.8 Å². The molecule has 0 bridgehead atoms. The lowest BCUT2D eigenvalue weighted by atomic mass is 10.1. The van der Waals surface area contributed by atoms with E-state index in [0.717, 1.165) is 19.3 Å². The molecule has 0 radical (unpaired) electrons. The maximum absolute atomic E-state index is 11.4. The molecule has 5 heteroatoms. The SMILES string of the molecule is O=c1[nH]ccnc1NC1CCCC1CO. The van der Waals surface area contributed by atoms with Crippen molar-refractivity contribution in [3.63, 3.8) is 0 Å². The highest BCUT2D eigenvalue weighted by Gasteiger charge is 2.27. The molecule has 15 heavy (non-hydrogen) atoms. The smallest absolute Gasteiger partial charge is 0.290 e. The molecule has 1 fully saturated rings. The number of nitrogens with zero attached hydrogens (tertiary/aromatic N) is 1. The summed E-state index contributed by atoms with van der Waals surface area (Å²) >= 11 is 0. The van der Waals surface area contributed by atoms with Gasteiger partial charge >= 0.3 is 0 Å². The summed E-state index contributed by atoms with van der Waals surface area (Å²) in [6.07, 6.45) is 6.14. The molecule has 0 amide bonds. The molecular formula is C10H15N3O2. The second-order valence-corrected chi connectivity index (χ2v) is 3.89. The van der Waals surface area contributed by atoms with Crippen LogP contribution >= 0.6 is 0 Å². The van der Waals surface area contributed by atoms with Crippen molar-refractivity contribution in [3.8, 4) is 0 Å². The van der Waals surface area contributed by atoms with E-state index in [9.17, 15) is 4.79 Å². The van der Waals surface area contributed by atoms with Crippen LogP contribution in [-0.4, -0.2) is 27.7 Å². The maximum Gasteiger partial charge on any atom is 0.290 e. The van der Waals surface area contributed by atoms with Crippen molar-refractivity contribution in [2.45, 2.75) is 25.3 Å². The van der Waals surface area contributed by atoms with Crippen LogP contribution in [0.25, 0.3) is 0 Å². The molecule has 5 nitrogen and oxygen atoms in total. The van der Waals surface area contributed by atoms with Crippen molar-refractivity contribution in [2.75, 3.05) is 11.9 Å². The Balaban J connectivity index is 2.08. The van der Waals surface area contributed by atoms with Gasteiger partial charge in [0.2, 0.25) is 0 Å². The number of H-pyrrole nitrogens is 1. The van der Waals surface area contributed by atoms with E-state index in [1.54, 1.807) is 6.20 Å². The Bertz CT molecular complexity index is 377. The van der Waals surface area contributed by atoms with Crippen LogP contribution in [0.3, 0.4) is 0 Å². The minimum atomic E-state index is -0.207. The third-order valence-corrected chi connectivity index (χ3v) is 2.92. The molecule has 1 aromatic rings. The zero-order chi connectivity index (χ0) is 10.7. The molecule has 1 heterocycles. The lowest BCUT2D eigenvalue weighted by Gasteiger charge is -2.18. The molecule has 2 unspecified atom stereocenters. The molecule has 3 N–H and O–H groups in total. The van der Waals surface area contributed by atoms with Crippen molar-refractivity contribution < 1.29 is 5.11 Å². The van der Waals surface area contributed by atoms with Gasteiger partial charge < -0.3 is 15.4 Å². The van der Waals surface area contributed by atoms with Crippen molar-refractivity contribution >= 4 is 5.82 Å². The maximum atomic E-state index is 11.4. The van der Waals surface area contributed by atoms with Gasteiger partial charge in [0.25, 0.3) is 5.56 Å². The summed E-state index contributed by atoms with van der Waals surface area (Å²) in [7, 11) is 0. The van der Waals surface area contributed by atoms with Crippen molar-refractivity contribution in [1.29, 1.82) is 0 Å². The van der Waals surface area contributed by atoms with Gasteiger partial charge in [-0.3, -0.25) is 4.79 Å². The number of aromatic nitrogens is 2. The molecule has 0 spiro atoms. The number of anilines is 1. The molecule has 82 valence electrons. The van der Waals surface area contributed by atoms with Crippen LogP contribution in [0.5, 0.6) is 0 Å². The fraction of sp³-hybridized carbons (Fsp3) is 0.600. The normalized spacial score (nSPS) is 25.4. The number of aromatic amines is 1. The predicted molar refractivity (Wildman–Crippen MR) is 56.7 cm³/mol. The Labute approximate surface area is 87.6 Å². The van der Waals surface area contributed by atoms with E-state index >= 15 is 0 Å². The lowest BCUT2D eigenvalue weighted by Crippen LogP contribution is -2.30. The Morgan fingerprint density at radius 3 is 3.20 bits per heavy atom. The van der Waals surface area contributed by atoms with E-state index < -0.39 is 0 Å². The zero-order valence-electron chi connectivity index (χ0n) is 8.44. The first kappa shape index (κ1) is 10.2. The van der Waals surface area contributed by atoms with Crippen molar-refractivity contribution in [1.82, 2.24) is 9.97 Å². The number of aliphatic hydroxyl groups is 1. The van der Waals surface area contributed by atoms with E-state index in [2.05, 4.69) is 15.3 Å². The van der Waals surface area contributed by atoms with Gasteiger partial charge in [0.15, 0.2) is 5.82 Å².